The molecule has 2 aromatic heterocycles. The second-order valence-corrected chi connectivity index (χ2v) is 10.3. The molecule has 0 radical (unpaired) electrons. The number of para-hydroxylation sites is 2. The predicted octanol–water partition coefficient (Wildman–Crippen LogP) is 4.45. The van der Waals surface area contributed by atoms with Crippen LogP contribution in [0.15, 0.2) is 54.6 Å². The van der Waals surface area contributed by atoms with Gasteiger partial charge in [-0.3, -0.25) is 9.32 Å². The lowest BCUT2D eigenvalue weighted by Gasteiger charge is -2.26. The molecule has 0 fully saturated rings. The minimum Gasteiger partial charge on any atom is -0.468 e. The van der Waals surface area contributed by atoms with Gasteiger partial charge in [0.1, 0.15) is 29.7 Å². The number of nitrogens with two attached hydrogens (primary N) is 1. The van der Waals surface area contributed by atoms with Crippen LogP contribution in [0.4, 0.5) is 5.82 Å². The summed E-state index contributed by atoms with van der Waals surface area (Å²) in [5, 5.41) is 3.55. The number of nitrogens with one attached hydrogen (secondary N) is 1. The summed E-state index contributed by atoms with van der Waals surface area (Å²) in [4.78, 5) is 21.3. The lowest BCUT2D eigenvalue weighted by molar-refractivity contribution is -0.142. The molecule has 4 aromatic rings. The van der Waals surface area contributed by atoms with Crippen molar-refractivity contribution in [3.63, 3.8) is 0 Å². The maximum absolute atomic E-state index is 13.9. The first-order valence-corrected chi connectivity index (χ1v) is 13.8. The standard InChI is InChI=1S/C26H32N5O6P/c1-5-35-16-22-29-23-24(20-13-9-10-14-21(20)28-25(23)27)31(22)15-17(2)36-38(33,30-18(3)26(32)34-4)37-19-11-7-6-8-12-19/h6-14,17-18H,5,15-16H2,1-4H3,(H2,27,28)(H,30,33)/t17-,18+,38-/m1/s1. The SMILES string of the molecule is CCOCc1nc2c(N)nc3ccccc3c2n1C[C@@H](C)O[P@](=O)(N[C@@H](C)C(=O)OC)Oc1ccccc1. The molecule has 0 amide bonds. The smallest absolute Gasteiger partial charge is 0.459 e. The Morgan fingerprint density at radius 3 is 2.53 bits per heavy atom. The van der Waals surface area contributed by atoms with Gasteiger partial charge in [0, 0.05) is 12.0 Å². The summed E-state index contributed by atoms with van der Waals surface area (Å²) in [5.41, 5.74) is 8.31. The van der Waals surface area contributed by atoms with E-state index in [-0.39, 0.29) is 13.2 Å². The first-order chi connectivity index (χ1) is 18.2. The number of imidazole rings is 1. The van der Waals surface area contributed by atoms with Gasteiger partial charge < -0.3 is 24.3 Å². The van der Waals surface area contributed by atoms with Gasteiger partial charge >= 0.3 is 13.7 Å². The maximum Gasteiger partial charge on any atom is 0.459 e. The topological polar surface area (TPSA) is 140 Å². The Morgan fingerprint density at radius 2 is 1.82 bits per heavy atom. The van der Waals surface area contributed by atoms with Crippen LogP contribution < -0.4 is 15.3 Å². The monoisotopic (exact) mass is 541 g/mol. The van der Waals surface area contributed by atoms with Crippen molar-refractivity contribution in [1.82, 2.24) is 19.6 Å². The zero-order valence-corrected chi connectivity index (χ0v) is 22.7. The highest BCUT2D eigenvalue weighted by Crippen LogP contribution is 2.46. The van der Waals surface area contributed by atoms with Crippen LogP contribution in [0.1, 0.15) is 26.6 Å². The van der Waals surface area contributed by atoms with Gasteiger partial charge in [-0.25, -0.2) is 14.5 Å². The van der Waals surface area contributed by atoms with E-state index in [1.54, 1.807) is 37.3 Å². The fourth-order valence-corrected chi connectivity index (χ4v) is 5.77. The molecule has 4 rings (SSSR count). The van der Waals surface area contributed by atoms with Gasteiger partial charge in [0.15, 0.2) is 5.82 Å². The second kappa shape index (κ2) is 11.9. The number of benzene rings is 2. The van der Waals surface area contributed by atoms with Crippen LogP contribution in [0.2, 0.25) is 0 Å². The number of nitrogen functional groups attached to an aromatic ring is 1. The molecule has 11 nitrogen and oxygen atoms in total. The first kappa shape index (κ1) is 27.5. The number of anilines is 1. The molecule has 0 saturated carbocycles. The third kappa shape index (κ3) is 6.14. The molecule has 12 heteroatoms. The van der Waals surface area contributed by atoms with E-state index in [1.165, 1.54) is 14.0 Å². The number of carbonyl (C=O) groups is 1. The highest BCUT2D eigenvalue weighted by atomic mass is 31.2. The van der Waals surface area contributed by atoms with Crippen molar-refractivity contribution in [3.8, 4) is 5.75 Å². The average Bonchev–Trinajstić information content (AvgIpc) is 3.25. The quantitative estimate of drug-likeness (QED) is 0.195. The summed E-state index contributed by atoms with van der Waals surface area (Å²) >= 11 is 0. The number of nitrogens with zero attached hydrogens (tertiary/aromatic N) is 3. The van der Waals surface area contributed by atoms with Crippen LogP contribution in [0.25, 0.3) is 21.9 Å². The number of rotatable bonds is 12. The van der Waals surface area contributed by atoms with Gasteiger partial charge in [0.25, 0.3) is 0 Å². The van der Waals surface area contributed by atoms with Gasteiger partial charge in [-0.1, -0.05) is 36.4 Å². The van der Waals surface area contributed by atoms with Crippen molar-refractivity contribution in [2.45, 2.75) is 46.1 Å². The molecule has 202 valence electrons. The Hall–Kier alpha value is -3.50. The van der Waals surface area contributed by atoms with Gasteiger partial charge in [-0.15, -0.1) is 0 Å². The molecular formula is C26H32N5O6P. The lowest BCUT2D eigenvalue weighted by atomic mass is 10.2. The highest BCUT2D eigenvalue weighted by Gasteiger charge is 2.34. The van der Waals surface area contributed by atoms with E-state index in [9.17, 15) is 9.36 Å². The summed E-state index contributed by atoms with van der Waals surface area (Å²) in [7, 11) is -2.79. The molecule has 2 heterocycles. The first-order valence-electron chi connectivity index (χ1n) is 12.2. The molecule has 3 N–H and O–H groups in total. The van der Waals surface area contributed by atoms with Crippen molar-refractivity contribution in [1.29, 1.82) is 0 Å². The normalized spacial score (nSPS) is 14.7. The maximum atomic E-state index is 13.9. The molecule has 38 heavy (non-hydrogen) atoms. The van der Waals surface area contributed by atoms with Crippen LogP contribution in [0.3, 0.4) is 0 Å². The van der Waals surface area contributed by atoms with Crippen molar-refractivity contribution < 1.29 is 27.9 Å². The van der Waals surface area contributed by atoms with E-state index < -0.39 is 25.9 Å². The number of ether oxygens (including phenoxy) is 2. The number of fused-ring (bicyclic) bond motifs is 3. The van der Waals surface area contributed by atoms with Crippen molar-refractivity contribution in [3.05, 3.63) is 60.4 Å². The summed E-state index contributed by atoms with van der Waals surface area (Å²) < 4.78 is 38.0. The fraction of sp³-hybridized carbons (Fsp3) is 0.346. The third-order valence-corrected chi connectivity index (χ3v) is 7.55. The van der Waals surface area contributed by atoms with E-state index in [4.69, 9.17) is 29.2 Å². The molecule has 2 aromatic carbocycles. The van der Waals surface area contributed by atoms with E-state index in [0.717, 1.165) is 16.4 Å². The van der Waals surface area contributed by atoms with Crippen LogP contribution in [-0.4, -0.2) is 46.4 Å². The molecule has 3 atom stereocenters. The van der Waals surface area contributed by atoms with Gasteiger partial charge in [0.2, 0.25) is 0 Å². The number of hydrogen-bond donors (Lipinski definition) is 2. The number of hydrogen-bond acceptors (Lipinski definition) is 9. The van der Waals surface area contributed by atoms with Gasteiger partial charge in [0.05, 0.1) is 30.8 Å². The van der Waals surface area contributed by atoms with Crippen molar-refractivity contribution in [2.24, 2.45) is 0 Å². The Morgan fingerprint density at radius 1 is 1.11 bits per heavy atom. The van der Waals surface area contributed by atoms with E-state index >= 15 is 0 Å². The van der Waals surface area contributed by atoms with E-state index in [1.807, 2.05) is 35.8 Å². The predicted molar refractivity (Wildman–Crippen MR) is 145 cm³/mol. The van der Waals surface area contributed by atoms with Crippen molar-refractivity contribution >= 4 is 41.5 Å². The van der Waals surface area contributed by atoms with Crippen LogP contribution >= 0.6 is 7.75 Å². The summed E-state index contributed by atoms with van der Waals surface area (Å²) in [5.74, 6) is 0.641. The van der Waals surface area contributed by atoms with Crippen LogP contribution in [0.5, 0.6) is 5.75 Å². The van der Waals surface area contributed by atoms with E-state index in [2.05, 4.69) is 10.1 Å². The molecule has 0 aliphatic heterocycles. The number of pyridine rings is 1. The molecule has 0 aliphatic carbocycles. The van der Waals surface area contributed by atoms with Crippen LogP contribution in [-0.2, 0) is 36.5 Å². The minimum absolute atomic E-state index is 0.238. The zero-order valence-electron chi connectivity index (χ0n) is 21.8. The summed E-state index contributed by atoms with van der Waals surface area (Å²) in [6, 6.07) is 15.3. The number of carbonyl (C=O) groups excluding carboxylic acids is 1. The zero-order chi connectivity index (χ0) is 27.3. The molecule has 0 aliphatic rings. The van der Waals surface area contributed by atoms with Crippen molar-refractivity contribution in [2.75, 3.05) is 19.5 Å². The minimum atomic E-state index is -4.05. The Kier molecular flexibility index (Phi) is 8.63. The lowest BCUT2D eigenvalue weighted by Crippen LogP contribution is -2.35. The summed E-state index contributed by atoms with van der Waals surface area (Å²) in [6.07, 6.45) is -0.659. The number of methoxy groups -OCH3 is 1. The number of esters is 1. The van der Waals surface area contributed by atoms with Crippen LogP contribution in [0, 0.1) is 0 Å². The van der Waals surface area contributed by atoms with Gasteiger partial charge in [-0.05, 0) is 39.0 Å². The highest BCUT2D eigenvalue weighted by molar-refractivity contribution is 7.52. The van der Waals surface area contributed by atoms with Gasteiger partial charge in [-0.2, -0.15) is 5.09 Å². The molecule has 0 saturated heterocycles. The molecular weight excluding hydrogens is 509 g/mol. The average molecular weight is 542 g/mol. The Bertz CT molecular complexity index is 1460. The Balaban J connectivity index is 1.70. The van der Waals surface area contributed by atoms with E-state index in [0.29, 0.717) is 29.5 Å². The largest absolute Gasteiger partial charge is 0.468 e. The summed E-state index contributed by atoms with van der Waals surface area (Å²) in [6.45, 7) is 6.15. The molecule has 0 bridgehead atoms. The molecule has 0 spiro atoms. The fourth-order valence-electron chi connectivity index (χ4n) is 4.10. The molecule has 0 unspecified atom stereocenters. The Labute approximate surface area is 220 Å². The number of aromatic nitrogens is 3. The third-order valence-electron chi connectivity index (χ3n) is 5.76. The second-order valence-electron chi connectivity index (χ2n) is 8.68.